The molecule has 0 saturated carbocycles. The van der Waals surface area contributed by atoms with Gasteiger partial charge < -0.3 is 4.74 Å². The SMILES string of the molecule is CC1=CC(C(=O)OCc2ccccn2)C(C)=C1. The Balaban J connectivity index is 1.93. The number of carbonyl (C=O) groups excluding carboxylic acids is 1. The van der Waals surface area contributed by atoms with Crippen LogP contribution in [0.3, 0.4) is 0 Å². The Morgan fingerprint density at radius 3 is 2.82 bits per heavy atom. The molecule has 88 valence electrons. The highest BCUT2D eigenvalue weighted by atomic mass is 16.5. The van der Waals surface area contributed by atoms with Crippen molar-refractivity contribution < 1.29 is 9.53 Å². The normalized spacial score (nSPS) is 18.6. The van der Waals surface area contributed by atoms with Crippen LogP contribution in [0.2, 0.25) is 0 Å². The summed E-state index contributed by atoms with van der Waals surface area (Å²) < 4.78 is 5.24. The van der Waals surface area contributed by atoms with Crippen LogP contribution in [0.5, 0.6) is 0 Å². The number of rotatable bonds is 3. The summed E-state index contributed by atoms with van der Waals surface area (Å²) in [4.78, 5) is 15.9. The number of pyridine rings is 1. The van der Waals surface area contributed by atoms with Crippen molar-refractivity contribution in [2.24, 2.45) is 5.92 Å². The fraction of sp³-hybridized carbons (Fsp3) is 0.286. The van der Waals surface area contributed by atoms with E-state index in [9.17, 15) is 4.79 Å². The summed E-state index contributed by atoms with van der Waals surface area (Å²) in [6.07, 6.45) is 5.62. The number of hydrogen-bond acceptors (Lipinski definition) is 3. The molecule has 0 N–H and O–H groups in total. The first-order chi connectivity index (χ1) is 8.16. The highest BCUT2D eigenvalue weighted by molar-refractivity contribution is 5.79. The molecule has 0 spiro atoms. The molecule has 0 aliphatic heterocycles. The van der Waals surface area contributed by atoms with Crippen molar-refractivity contribution in [2.75, 3.05) is 0 Å². The molecule has 17 heavy (non-hydrogen) atoms. The van der Waals surface area contributed by atoms with Crippen LogP contribution < -0.4 is 0 Å². The zero-order valence-electron chi connectivity index (χ0n) is 10.0. The summed E-state index contributed by atoms with van der Waals surface area (Å²) in [5.41, 5.74) is 2.91. The lowest BCUT2D eigenvalue weighted by atomic mass is 10.1. The molecule has 1 heterocycles. The highest BCUT2D eigenvalue weighted by Gasteiger charge is 2.23. The van der Waals surface area contributed by atoms with E-state index >= 15 is 0 Å². The Kier molecular flexibility index (Phi) is 3.38. The van der Waals surface area contributed by atoms with Gasteiger partial charge in [-0.15, -0.1) is 0 Å². The summed E-state index contributed by atoms with van der Waals surface area (Å²) in [6.45, 7) is 4.16. The second kappa shape index (κ2) is 4.95. The Morgan fingerprint density at radius 2 is 2.24 bits per heavy atom. The molecule has 3 heteroatoms. The van der Waals surface area contributed by atoms with Gasteiger partial charge in [0, 0.05) is 6.20 Å². The van der Waals surface area contributed by atoms with Gasteiger partial charge in [-0.3, -0.25) is 9.78 Å². The summed E-state index contributed by atoms with van der Waals surface area (Å²) in [7, 11) is 0. The molecule has 1 unspecified atom stereocenters. The third kappa shape index (κ3) is 2.81. The lowest BCUT2D eigenvalue weighted by molar-refractivity contribution is -0.147. The minimum atomic E-state index is -0.223. The van der Waals surface area contributed by atoms with Crippen molar-refractivity contribution in [3.05, 3.63) is 53.4 Å². The third-order valence-electron chi connectivity index (χ3n) is 2.72. The molecule has 3 nitrogen and oxygen atoms in total. The monoisotopic (exact) mass is 229 g/mol. The molecule has 1 aromatic rings. The van der Waals surface area contributed by atoms with Crippen LogP contribution in [0, 0.1) is 5.92 Å². The second-order valence-corrected chi connectivity index (χ2v) is 4.21. The summed E-state index contributed by atoms with van der Waals surface area (Å²) in [5, 5.41) is 0. The predicted molar refractivity (Wildman–Crippen MR) is 65.0 cm³/mol. The molecule has 1 aromatic heterocycles. The van der Waals surface area contributed by atoms with E-state index in [1.165, 1.54) is 0 Å². The fourth-order valence-electron chi connectivity index (χ4n) is 1.86. The average Bonchev–Trinajstić information content (AvgIpc) is 2.67. The van der Waals surface area contributed by atoms with E-state index in [2.05, 4.69) is 4.98 Å². The van der Waals surface area contributed by atoms with Crippen molar-refractivity contribution in [1.29, 1.82) is 0 Å². The average molecular weight is 229 g/mol. The number of ether oxygens (including phenoxy) is 1. The fourth-order valence-corrected chi connectivity index (χ4v) is 1.86. The number of esters is 1. The van der Waals surface area contributed by atoms with Crippen LogP contribution in [-0.2, 0) is 16.1 Å². The summed E-state index contributed by atoms with van der Waals surface area (Å²) >= 11 is 0. The maximum atomic E-state index is 11.8. The molecule has 1 aliphatic rings. The molecular weight excluding hydrogens is 214 g/mol. The van der Waals surface area contributed by atoms with Gasteiger partial charge >= 0.3 is 5.97 Å². The molecule has 0 radical (unpaired) electrons. The molecule has 0 bridgehead atoms. The highest BCUT2D eigenvalue weighted by Crippen LogP contribution is 2.24. The molecular formula is C14H15NO2. The molecule has 0 fully saturated rings. The van der Waals surface area contributed by atoms with E-state index in [0.29, 0.717) is 0 Å². The van der Waals surface area contributed by atoms with E-state index < -0.39 is 0 Å². The lowest BCUT2D eigenvalue weighted by Crippen LogP contribution is -2.15. The van der Waals surface area contributed by atoms with Crippen LogP contribution in [0.15, 0.2) is 47.7 Å². The Morgan fingerprint density at radius 1 is 1.41 bits per heavy atom. The van der Waals surface area contributed by atoms with Crippen molar-refractivity contribution in [1.82, 2.24) is 4.98 Å². The molecule has 1 atom stereocenters. The number of aromatic nitrogens is 1. The summed E-state index contributed by atoms with van der Waals surface area (Å²) in [6, 6.07) is 5.55. The topological polar surface area (TPSA) is 39.2 Å². The molecule has 0 aromatic carbocycles. The van der Waals surface area contributed by atoms with Gasteiger partial charge in [0.05, 0.1) is 11.6 Å². The lowest BCUT2D eigenvalue weighted by Gasteiger charge is -2.09. The number of allylic oxidation sites excluding steroid dienone is 2. The first-order valence-electron chi connectivity index (χ1n) is 5.60. The van der Waals surface area contributed by atoms with Gasteiger partial charge in [0.1, 0.15) is 6.61 Å². The Labute approximate surface area is 101 Å². The van der Waals surface area contributed by atoms with Crippen LogP contribution >= 0.6 is 0 Å². The van der Waals surface area contributed by atoms with Gasteiger partial charge in [-0.25, -0.2) is 0 Å². The second-order valence-electron chi connectivity index (χ2n) is 4.21. The first-order valence-corrected chi connectivity index (χ1v) is 5.60. The Hall–Kier alpha value is -1.90. The first kappa shape index (κ1) is 11.6. The molecule has 1 aliphatic carbocycles. The Bertz CT molecular complexity index is 474. The largest absolute Gasteiger partial charge is 0.458 e. The van der Waals surface area contributed by atoms with Crippen molar-refractivity contribution >= 4 is 5.97 Å². The van der Waals surface area contributed by atoms with Crippen LogP contribution in [0.1, 0.15) is 19.5 Å². The number of hydrogen-bond donors (Lipinski definition) is 0. The van der Waals surface area contributed by atoms with Crippen molar-refractivity contribution in [2.45, 2.75) is 20.5 Å². The molecule has 0 amide bonds. The molecule has 0 saturated heterocycles. The van der Waals surface area contributed by atoms with E-state index in [0.717, 1.165) is 16.8 Å². The molecule has 2 rings (SSSR count). The van der Waals surface area contributed by atoms with Gasteiger partial charge in [-0.2, -0.15) is 0 Å². The van der Waals surface area contributed by atoms with E-state index in [1.54, 1.807) is 6.20 Å². The van der Waals surface area contributed by atoms with Crippen LogP contribution in [0.25, 0.3) is 0 Å². The van der Waals surface area contributed by atoms with Gasteiger partial charge in [0.25, 0.3) is 0 Å². The standard InChI is InChI=1S/C14H15NO2/c1-10-7-11(2)13(8-10)14(16)17-9-12-5-3-4-6-15-12/h3-8,13H,9H2,1-2H3. The van der Waals surface area contributed by atoms with E-state index in [-0.39, 0.29) is 18.5 Å². The number of carbonyl (C=O) groups is 1. The van der Waals surface area contributed by atoms with Gasteiger partial charge in [0.15, 0.2) is 0 Å². The maximum Gasteiger partial charge on any atom is 0.317 e. The van der Waals surface area contributed by atoms with Crippen molar-refractivity contribution in [3.63, 3.8) is 0 Å². The van der Waals surface area contributed by atoms with Crippen molar-refractivity contribution in [3.8, 4) is 0 Å². The van der Waals surface area contributed by atoms with Crippen LogP contribution in [0.4, 0.5) is 0 Å². The predicted octanol–water partition coefficient (Wildman–Crippen LogP) is 2.65. The van der Waals surface area contributed by atoms with Crippen LogP contribution in [-0.4, -0.2) is 11.0 Å². The van der Waals surface area contributed by atoms with Gasteiger partial charge in [-0.05, 0) is 26.0 Å². The van der Waals surface area contributed by atoms with Gasteiger partial charge in [0.2, 0.25) is 0 Å². The number of nitrogens with zero attached hydrogens (tertiary/aromatic N) is 1. The maximum absolute atomic E-state index is 11.8. The zero-order valence-corrected chi connectivity index (χ0v) is 10.0. The zero-order chi connectivity index (χ0) is 12.3. The van der Waals surface area contributed by atoms with E-state index in [1.807, 2.05) is 44.2 Å². The quantitative estimate of drug-likeness (QED) is 0.748. The smallest absolute Gasteiger partial charge is 0.317 e. The minimum Gasteiger partial charge on any atom is -0.458 e. The minimum absolute atomic E-state index is 0.207. The summed E-state index contributed by atoms with van der Waals surface area (Å²) in [5.74, 6) is -0.431. The van der Waals surface area contributed by atoms with E-state index in [4.69, 9.17) is 4.74 Å². The van der Waals surface area contributed by atoms with Gasteiger partial charge in [-0.1, -0.05) is 29.4 Å². The third-order valence-corrected chi connectivity index (χ3v) is 2.72.